The molecule has 1 atom stereocenters. The van der Waals surface area contributed by atoms with Crippen molar-refractivity contribution in [1.82, 2.24) is 14.8 Å². The second-order valence-electron chi connectivity index (χ2n) is 4.88. The molecule has 0 aliphatic rings. The molecule has 8 heteroatoms. The molecule has 0 fully saturated rings. The van der Waals surface area contributed by atoms with Gasteiger partial charge in [-0.2, -0.15) is 0 Å². The first-order valence-corrected chi connectivity index (χ1v) is 7.78. The first-order valence-electron chi connectivity index (χ1n) is 6.90. The van der Waals surface area contributed by atoms with Crippen LogP contribution in [0.4, 0.5) is 5.69 Å². The summed E-state index contributed by atoms with van der Waals surface area (Å²) in [6.07, 6.45) is 1.69. The van der Waals surface area contributed by atoms with E-state index in [-0.39, 0.29) is 16.7 Å². The lowest BCUT2D eigenvalue weighted by molar-refractivity contribution is -0.384. The molecule has 0 unspecified atom stereocenters. The summed E-state index contributed by atoms with van der Waals surface area (Å²) >= 11 is 1.30. The number of carbonyl (C=O) groups is 1. The van der Waals surface area contributed by atoms with Crippen LogP contribution in [0.15, 0.2) is 42.1 Å². The average molecular weight is 332 g/mol. The Bertz CT molecular complexity index is 757. The SMILES string of the molecule is C=CCn1c(S[C@@H](C)C(C)=O)nnc1-c1cccc([N+](=O)[O-])c1. The Labute approximate surface area is 137 Å². The number of hydrogen-bond acceptors (Lipinski definition) is 6. The van der Waals surface area contributed by atoms with Crippen LogP contribution in [-0.2, 0) is 11.3 Å². The molecule has 0 N–H and O–H groups in total. The minimum absolute atomic E-state index is 0.0121. The van der Waals surface area contributed by atoms with Crippen LogP contribution in [0, 0.1) is 10.1 Å². The number of Topliss-reactive ketones (excluding diaryl/α,β-unsaturated/α-hetero) is 1. The number of thioether (sulfide) groups is 1. The molecule has 0 amide bonds. The van der Waals surface area contributed by atoms with Gasteiger partial charge in [-0.25, -0.2) is 0 Å². The molecule has 1 heterocycles. The number of hydrogen-bond donors (Lipinski definition) is 0. The summed E-state index contributed by atoms with van der Waals surface area (Å²) in [5.74, 6) is 0.548. The third kappa shape index (κ3) is 3.84. The van der Waals surface area contributed by atoms with Crippen LogP contribution in [0.3, 0.4) is 0 Å². The van der Waals surface area contributed by atoms with Gasteiger partial charge in [-0.15, -0.1) is 16.8 Å². The van der Waals surface area contributed by atoms with Gasteiger partial charge in [0.15, 0.2) is 11.0 Å². The van der Waals surface area contributed by atoms with Crippen LogP contribution in [0.1, 0.15) is 13.8 Å². The van der Waals surface area contributed by atoms with Crippen molar-refractivity contribution in [3.05, 3.63) is 47.0 Å². The molecule has 0 spiro atoms. The van der Waals surface area contributed by atoms with Gasteiger partial charge in [-0.1, -0.05) is 30.0 Å². The molecule has 0 aliphatic carbocycles. The van der Waals surface area contributed by atoms with Gasteiger partial charge in [-0.05, 0) is 13.8 Å². The number of benzene rings is 1. The minimum atomic E-state index is -0.453. The summed E-state index contributed by atoms with van der Waals surface area (Å²) in [5, 5.41) is 19.5. The predicted molar refractivity (Wildman–Crippen MR) is 88.3 cm³/mol. The Morgan fingerprint density at radius 1 is 1.52 bits per heavy atom. The molecule has 0 saturated carbocycles. The van der Waals surface area contributed by atoms with Gasteiger partial charge in [0, 0.05) is 24.2 Å². The van der Waals surface area contributed by atoms with Crippen molar-refractivity contribution in [2.24, 2.45) is 0 Å². The Morgan fingerprint density at radius 3 is 2.87 bits per heavy atom. The summed E-state index contributed by atoms with van der Waals surface area (Å²) in [6.45, 7) is 7.47. The van der Waals surface area contributed by atoms with Gasteiger partial charge in [0.05, 0.1) is 10.2 Å². The first-order chi connectivity index (χ1) is 10.9. The van der Waals surface area contributed by atoms with Crippen LogP contribution < -0.4 is 0 Å². The largest absolute Gasteiger partial charge is 0.299 e. The average Bonchev–Trinajstić information content (AvgIpc) is 2.90. The van der Waals surface area contributed by atoms with E-state index in [0.717, 1.165) is 0 Å². The third-order valence-corrected chi connectivity index (χ3v) is 4.40. The van der Waals surface area contributed by atoms with Gasteiger partial charge in [0.2, 0.25) is 0 Å². The van der Waals surface area contributed by atoms with E-state index in [1.54, 1.807) is 29.7 Å². The summed E-state index contributed by atoms with van der Waals surface area (Å²) < 4.78 is 1.79. The maximum absolute atomic E-state index is 11.4. The molecular formula is C15H16N4O3S. The Kier molecular flexibility index (Phi) is 5.28. The number of aromatic nitrogens is 3. The number of nitro groups is 1. The van der Waals surface area contributed by atoms with Crippen LogP contribution in [-0.4, -0.2) is 30.7 Å². The second kappa shape index (κ2) is 7.19. The highest BCUT2D eigenvalue weighted by atomic mass is 32.2. The summed E-state index contributed by atoms with van der Waals surface area (Å²) in [4.78, 5) is 21.9. The van der Waals surface area contributed by atoms with E-state index in [1.807, 2.05) is 0 Å². The zero-order valence-electron chi connectivity index (χ0n) is 12.8. The van der Waals surface area contributed by atoms with Crippen LogP contribution in [0.25, 0.3) is 11.4 Å². The fraction of sp³-hybridized carbons (Fsp3) is 0.267. The zero-order valence-corrected chi connectivity index (χ0v) is 13.6. The molecule has 1 aromatic carbocycles. The molecule has 0 radical (unpaired) electrons. The fourth-order valence-electron chi connectivity index (χ4n) is 1.88. The Morgan fingerprint density at radius 2 is 2.26 bits per heavy atom. The molecule has 120 valence electrons. The zero-order chi connectivity index (χ0) is 17.0. The van der Waals surface area contributed by atoms with Crippen molar-refractivity contribution in [3.63, 3.8) is 0 Å². The number of nitro benzene ring substituents is 1. The number of non-ortho nitro benzene ring substituents is 1. The maximum Gasteiger partial charge on any atom is 0.270 e. The van der Waals surface area contributed by atoms with E-state index in [4.69, 9.17) is 0 Å². The van der Waals surface area contributed by atoms with E-state index >= 15 is 0 Å². The van der Waals surface area contributed by atoms with Crippen LogP contribution >= 0.6 is 11.8 Å². The van der Waals surface area contributed by atoms with Gasteiger partial charge in [0.1, 0.15) is 5.78 Å². The standard InChI is InChI=1S/C15H16N4O3S/c1-4-8-18-14(12-6-5-7-13(9-12)19(21)22)16-17-15(18)23-11(3)10(2)20/h4-7,9,11H,1,8H2,2-3H3/t11-/m0/s1. The molecule has 1 aromatic heterocycles. The summed E-state index contributed by atoms with van der Waals surface area (Å²) in [5.41, 5.74) is 0.581. The fourth-order valence-corrected chi connectivity index (χ4v) is 2.74. The molecule has 0 bridgehead atoms. The quantitative estimate of drug-likeness (QED) is 0.335. The smallest absolute Gasteiger partial charge is 0.270 e. The second-order valence-corrected chi connectivity index (χ2v) is 6.19. The summed E-state index contributed by atoms with van der Waals surface area (Å²) in [6, 6.07) is 6.21. The normalized spacial score (nSPS) is 11.9. The van der Waals surface area contributed by atoms with Gasteiger partial charge >= 0.3 is 0 Å². The lowest BCUT2D eigenvalue weighted by atomic mass is 10.2. The molecular weight excluding hydrogens is 316 g/mol. The number of carbonyl (C=O) groups excluding carboxylic acids is 1. The Hall–Kier alpha value is -2.48. The molecule has 23 heavy (non-hydrogen) atoms. The topological polar surface area (TPSA) is 90.9 Å². The molecule has 0 saturated heterocycles. The first kappa shape index (κ1) is 16.9. The van der Waals surface area contributed by atoms with Crippen molar-refractivity contribution in [2.75, 3.05) is 0 Å². The third-order valence-electron chi connectivity index (χ3n) is 3.20. The van der Waals surface area contributed by atoms with E-state index in [0.29, 0.717) is 23.1 Å². The molecule has 2 rings (SSSR count). The maximum atomic E-state index is 11.4. The van der Waals surface area contributed by atoms with Gasteiger partial charge in [-0.3, -0.25) is 19.5 Å². The summed E-state index contributed by atoms with van der Waals surface area (Å²) in [7, 11) is 0. The molecule has 7 nitrogen and oxygen atoms in total. The highest BCUT2D eigenvalue weighted by Crippen LogP contribution is 2.28. The van der Waals surface area contributed by atoms with Crippen molar-refractivity contribution in [2.45, 2.75) is 30.8 Å². The number of nitrogens with zero attached hydrogens (tertiary/aromatic N) is 4. The highest BCUT2D eigenvalue weighted by molar-refractivity contribution is 8.00. The van der Waals surface area contributed by atoms with Gasteiger partial charge in [0.25, 0.3) is 5.69 Å². The van der Waals surface area contributed by atoms with E-state index in [1.165, 1.54) is 30.8 Å². The number of rotatable bonds is 7. The minimum Gasteiger partial charge on any atom is -0.299 e. The van der Waals surface area contributed by atoms with Crippen LogP contribution in [0.2, 0.25) is 0 Å². The highest BCUT2D eigenvalue weighted by Gasteiger charge is 2.19. The monoisotopic (exact) mass is 332 g/mol. The van der Waals surface area contributed by atoms with E-state index in [2.05, 4.69) is 16.8 Å². The van der Waals surface area contributed by atoms with Crippen molar-refractivity contribution in [3.8, 4) is 11.4 Å². The number of ketones is 1. The molecule has 2 aromatic rings. The van der Waals surface area contributed by atoms with Crippen molar-refractivity contribution < 1.29 is 9.72 Å². The van der Waals surface area contributed by atoms with Crippen LogP contribution in [0.5, 0.6) is 0 Å². The van der Waals surface area contributed by atoms with Crippen molar-refractivity contribution in [1.29, 1.82) is 0 Å². The Balaban J connectivity index is 2.44. The lowest BCUT2D eigenvalue weighted by Crippen LogP contribution is -2.10. The molecule has 0 aliphatic heterocycles. The number of allylic oxidation sites excluding steroid dienone is 1. The van der Waals surface area contributed by atoms with E-state index in [9.17, 15) is 14.9 Å². The predicted octanol–water partition coefficient (Wildman–Crippen LogP) is 3.11. The van der Waals surface area contributed by atoms with Crippen molar-refractivity contribution >= 4 is 23.2 Å². The van der Waals surface area contributed by atoms with E-state index < -0.39 is 4.92 Å². The van der Waals surface area contributed by atoms with Gasteiger partial charge < -0.3 is 0 Å². The lowest BCUT2D eigenvalue weighted by Gasteiger charge is -2.10.